The van der Waals surface area contributed by atoms with Crippen molar-refractivity contribution >= 4 is 0 Å². The Balaban J connectivity index is 1.60. The van der Waals surface area contributed by atoms with Gasteiger partial charge in [-0.15, -0.1) is 0 Å². The smallest absolute Gasteiger partial charge is 0.0678 e. The van der Waals surface area contributed by atoms with Gasteiger partial charge in [0.05, 0.1) is 12.2 Å². The number of hydrogen-bond acceptors (Lipinski definition) is 4. The number of hydrogen-bond donors (Lipinski definition) is 1. The van der Waals surface area contributed by atoms with Crippen LogP contribution in [0.2, 0.25) is 0 Å². The molecule has 2 saturated heterocycles. The quantitative estimate of drug-likeness (QED) is 0.793. The van der Waals surface area contributed by atoms with Crippen LogP contribution in [0.5, 0.6) is 0 Å². The molecule has 0 radical (unpaired) electrons. The van der Waals surface area contributed by atoms with Crippen LogP contribution in [0.4, 0.5) is 0 Å². The van der Waals surface area contributed by atoms with Gasteiger partial charge in [-0.3, -0.25) is 4.90 Å². The van der Waals surface area contributed by atoms with Crippen LogP contribution in [0.1, 0.15) is 26.7 Å². The van der Waals surface area contributed by atoms with Gasteiger partial charge in [0.25, 0.3) is 0 Å². The molecule has 0 spiro atoms. The Hall–Kier alpha value is -0.160. The Morgan fingerprint density at radius 2 is 1.76 bits per heavy atom. The zero-order chi connectivity index (χ0) is 12.1. The maximum Gasteiger partial charge on any atom is 0.0678 e. The molecule has 2 aliphatic heterocycles. The highest BCUT2D eigenvalue weighted by Crippen LogP contribution is 2.10. The molecule has 2 aliphatic rings. The second kappa shape index (κ2) is 6.69. The molecule has 4 heteroatoms. The van der Waals surface area contributed by atoms with Gasteiger partial charge in [-0.2, -0.15) is 0 Å². The topological polar surface area (TPSA) is 33.7 Å². The summed E-state index contributed by atoms with van der Waals surface area (Å²) in [5.41, 5.74) is 0. The van der Waals surface area contributed by atoms with Crippen LogP contribution < -0.4 is 5.32 Å². The SMILES string of the molecule is CC1CN(CCNC2CCOCC2)CC(C)O1. The summed E-state index contributed by atoms with van der Waals surface area (Å²) in [5.74, 6) is 0. The van der Waals surface area contributed by atoms with Gasteiger partial charge >= 0.3 is 0 Å². The molecule has 0 amide bonds. The minimum atomic E-state index is 0.377. The molecule has 0 bridgehead atoms. The van der Waals surface area contributed by atoms with E-state index in [1.165, 1.54) is 0 Å². The number of nitrogens with one attached hydrogen (secondary N) is 1. The lowest BCUT2D eigenvalue weighted by Crippen LogP contribution is -2.48. The molecule has 100 valence electrons. The summed E-state index contributed by atoms with van der Waals surface area (Å²) in [6, 6.07) is 0.666. The third kappa shape index (κ3) is 4.54. The summed E-state index contributed by atoms with van der Waals surface area (Å²) in [7, 11) is 0. The van der Waals surface area contributed by atoms with Gasteiger partial charge in [-0.1, -0.05) is 0 Å². The molecule has 0 aromatic carbocycles. The molecule has 17 heavy (non-hydrogen) atoms. The van der Waals surface area contributed by atoms with Gasteiger partial charge in [-0.05, 0) is 26.7 Å². The molecule has 2 unspecified atom stereocenters. The first-order chi connectivity index (χ1) is 8.24. The molecule has 0 saturated carbocycles. The van der Waals surface area contributed by atoms with Crippen LogP contribution in [-0.2, 0) is 9.47 Å². The van der Waals surface area contributed by atoms with Crippen molar-refractivity contribution in [2.75, 3.05) is 39.4 Å². The van der Waals surface area contributed by atoms with E-state index in [1.807, 2.05) is 0 Å². The summed E-state index contributed by atoms with van der Waals surface area (Å²) >= 11 is 0. The third-order valence-electron chi connectivity index (χ3n) is 3.58. The molecular formula is C13H26N2O2. The highest BCUT2D eigenvalue weighted by atomic mass is 16.5. The van der Waals surface area contributed by atoms with Gasteiger partial charge in [0.15, 0.2) is 0 Å². The molecule has 2 atom stereocenters. The maximum absolute atomic E-state index is 5.73. The van der Waals surface area contributed by atoms with Crippen molar-refractivity contribution in [3.05, 3.63) is 0 Å². The van der Waals surface area contributed by atoms with Gasteiger partial charge in [0.2, 0.25) is 0 Å². The number of nitrogens with zero attached hydrogens (tertiary/aromatic N) is 1. The monoisotopic (exact) mass is 242 g/mol. The lowest BCUT2D eigenvalue weighted by atomic mass is 10.1. The van der Waals surface area contributed by atoms with E-state index in [1.54, 1.807) is 0 Å². The van der Waals surface area contributed by atoms with E-state index in [9.17, 15) is 0 Å². The molecular weight excluding hydrogens is 216 g/mol. The molecule has 2 fully saturated rings. The first kappa shape index (κ1) is 13.3. The van der Waals surface area contributed by atoms with Crippen LogP contribution in [0.25, 0.3) is 0 Å². The second-order valence-corrected chi connectivity index (χ2v) is 5.36. The van der Waals surface area contributed by atoms with E-state index in [-0.39, 0.29) is 0 Å². The molecule has 0 aromatic rings. The minimum Gasteiger partial charge on any atom is -0.381 e. The standard InChI is InChI=1S/C13H26N2O2/c1-11-9-15(10-12(2)17-11)6-5-14-13-3-7-16-8-4-13/h11-14H,3-10H2,1-2H3. The molecule has 0 aliphatic carbocycles. The third-order valence-corrected chi connectivity index (χ3v) is 3.58. The van der Waals surface area contributed by atoms with Crippen LogP contribution in [0.15, 0.2) is 0 Å². The number of ether oxygens (including phenoxy) is 2. The second-order valence-electron chi connectivity index (χ2n) is 5.36. The molecule has 2 heterocycles. The molecule has 1 N–H and O–H groups in total. The summed E-state index contributed by atoms with van der Waals surface area (Å²) in [6.07, 6.45) is 3.08. The van der Waals surface area contributed by atoms with Crippen molar-refractivity contribution in [1.29, 1.82) is 0 Å². The van der Waals surface area contributed by atoms with Crippen molar-refractivity contribution in [2.45, 2.75) is 44.9 Å². The number of rotatable bonds is 4. The van der Waals surface area contributed by atoms with E-state index in [0.717, 1.165) is 52.2 Å². The fraction of sp³-hybridized carbons (Fsp3) is 1.00. The first-order valence-corrected chi connectivity index (χ1v) is 6.93. The van der Waals surface area contributed by atoms with Crippen LogP contribution in [0.3, 0.4) is 0 Å². The summed E-state index contributed by atoms with van der Waals surface area (Å²) < 4.78 is 11.1. The highest BCUT2D eigenvalue weighted by Gasteiger charge is 2.21. The highest BCUT2D eigenvalue weighted by molar-refractivity contribution is 4.75. The van der Waals surface area contributed by atoms with Gasteiger partial charge in [-0.25, -0.2) is 0 Å². The van der Waals surface area contributed by atoms with Crippen LogP contribution >= 0.6 is 0 Å². The van der Waals surface area contributed by atoms with Crippen molar-refractivity contribution in [1.82, 2.24) is 10.2 Å². The minimum absolute atomic E-state index is 0.377. The van der Waals surface area contributed by atoms with Crippen LogP contribution in [0, 0.1) is 0 Å². The Bertz CT molecular complexity index is 209. The summed E-state index contributed by atoms with van der Waals surface area (Å²) in [4.78, 5) is 2.51. The maximum atomic E-state index is 5.73. The van der Waals surface area contributed by atoms with E-state index in [4.69, 9.17) is 9.47 Å². The Morgan fingerprint density at radius 1 is 1.12 bits per heavy atom. The van der Waals surface area contributed by atoms with Crippen molar-refractivity contribution < 1.29 is 9.47 Å². The zero-order valence-corrected chi connectivity index (χ0v) is 11.2. The van der Waals surface area contributed by atoms with Gasteiger partial charge < -0.3 is 14.8 Å². The van der Waals surface area contributed by atoms with E-state index in [0.29, 0.717) is 18.2 Å². The first-order valence-electron chi connectivity index (χ1n) is 6.93. The molecule has 4 nitrogen and oxygen atoms in total. The van der Waals surface area contributed by atoms with E-state index < -0.39 is 0 Å². The van der Waals surface area contributed by atoms with Crippen molar-refractivity contribution in [3.63, 3.8) is 0 Å². The predicted molar refractivity (Wildman–Crippen MR) is 68.3 cm³/mol. The van der Waals surface area contributed by atoms with Gasteiger partial charge in [0.1, 0.15) is 0 Å². The Kier molecular flexibility index (Phi) is 5.22. The Morgan fingerprint density at radius 3 is 2.41 bits per heavy atom. The predicted octanol–water partition coefficient (Wildman–Crippen LogP) is 0.864. The molecule has 2 rings (SSSR count). The zero-order valence-electron chi connectivity index (χ0n) is 11.2. The average molecular weight is 242 g/mol. The summed E-state index contributed by atoms with van der Waals surface area (Å²) in [5, 5.41) is 3.64. The van der Waals surface area contributed by atoms with Gasteiger partial charge in [0, 0.05) is 45.4 Å². The van der Waals surface area contributed by atoms with Crippen LogP contribution in [-0.4, -0.2) is 62.5 Å². The van der Waals surface area contributed by atoms with E-state index in [2.05, 4.69) is 24.1 Å². The van der Waals surface area contributed by atoms with E-state index >= 15 is 0 Å². The fourth-order valence-electron chi connectivity index (χ4n) is 2.80. The molecule has 0 aromatic heterocycles. The lowest BCUT2D eigenvalue weighted by molar-refractivity contribution is -0.0676. The normalized spacial score (nSPS) is 32.8. The number of morpholine rings is 1. The Labute approximate surface area is 105 Å². The largest absolute Gasteiger partial charge is 0.381 e. The lowest BCUT2D eigenvalue weighted by Gasteiger charge is -2.35. The fourth-order valence-corrected chi connectivity index (χ4v) is 2.80. The summed E-state index contributed by atoms with van der Waals surface area (Å²) in [6.45, 7) is 10.5. The van der Waals surface area contributed by atoms with Crippen molar-refractivity contribution in [2.24, 2.45) is 0 Å². The average Bonchev–Trinajstić information content (AvgIpc) is 2.29. The van der Waals surface area contributed by atoms with Crippen molar-refractivity contribution in [3.8, 4) is 0 Å².